The Morgan fingerprint density at radius 1 is 1.26 bits per heavy atom. The number of aromatic hydroxyl groups is 1. The van der Waals surface area contributed by atoms with Crippen LogP contribution < -0.4 is 10.3 Å². The van der Waals surface area contributed by atoms with Gasteiger partial charge in [-0.25, -0.2) is 0 Å². The van der Waals surface area contributed by atoms with Gasteiger partial charge in [0.2, 0.25) is 0 Å². The summed E-state index contributed by atoms with van der Waals surface area (Å²) < 4.78 is 7.82. The van der Waals surface area contributed by atoms with E-state index in [-0.39, 0.29) is 16.6 Å². The van der Waals surface area contributed by atoms with Gasteiger partial charge in [0.05, 0.1) is 24.7 Å². The highest BCUT2D eigenvalue weighted by molar-refractivity contribution is 9.10. The fraction of sp³-hybridized carbons (Fsp3) is 0.190. The molecule has 0 amide bonds. The van der Waals surface area contributed by atoms with Gasteiger partial charge >= 0.3 is 0 Å². The van der Waals surface area contributed by atoms with Crippen LogP contribution in [0.15, 0.2) is 63.2 Å². The van der Waals surface area contributed by atoms with Crippen molar-refractivity contribution in [1.29, 1.82) is 0 Å². The SMILES string of the molecule is COc1ccc(Cn2c(=O)c(C3CC=CS3)c(O)c3cc(Br)ccc32)cc1. The minimum atomic E-state index is -0.139. The number of allylic oxidation sites excluding steroid dienone is 1. The average molecular weight is 444 g/mol. The molecule has 1 aliphatic heterocycles. The molecule has 0 saturated carbocycles. The molecule has 27 heavy (non-hydrogen) atoms. The Morgan fingerprint density at radius 2 is 2.04 bits per heavy atom. The minimum Gasteiger partial charge on any atom is -0.507 e. The Bertz CT molecular complexity index is 1080. The molecule has 2 heterocycles. The monoisotopic (exact) mass is 443 g/mol. The van der Waals surface area contributed by atoms with Crippen molar-refractivity contribution in [3.8, 4) is 11.5 Å². The number of fused-ring (bicyclic) bond motifs is 1. The number of nitrogens with zero attached hydrogens (tertiary/aromatic N) is 1. The zero-order valence-corrected chi connectivity index (χ0v) is 17.1. The Kier molecular flexibility index (Phi) is 5.02. The van der Waals surface area contributed by atoms with E-state index in [1.807, 2.05) is 53.9 Å². The molecule has 4 rings (SSSR count). The van der Waals surface area contributed by atoms with Gasteiger partial charge in [-0.15, -0.1) is 11.8 Å². The molecule has 0 spiro atoms. The summed E-state index contributed by atoms with van der Waals surface area (Å²) in [6, 6.07) is 13.3. The van der Waals surface area contributed by atoms with Crippen molar-refractivity contribution in [2.24, 2.45) is 0 Å². The van der Waals surface area contributed by atoms with Crippen molar-refractivity contribution in [2.45, 2.75) is 18.2 Å². The summed E-state index contributed by atoms with van der Waals surface area (Å²) in [6.45, 7) is 0.430. The summed E-state index contributed by atoms with van der Waals surface area (Å²) in [6.07, 6.45) is 2.78. The number of thioether (sulfide) groups is 1. The van der Waals surface area contributed by atoms with Gasteiger partial charge in [-0.1, -0.05) is 34.1 Å². The number of aromatic nitrogens is 1. The maximum Gasteiger partial charge on any atom is 0.259 e. The van der Waals surface area contributed by atoms with Gasteiger partial charge in [0, 0.05) is 15.1 Å². The molecule has 1 N–H and O–H groups in total. The smallest absolute Gasteiger partial charge is 0.259 e. The number of halogens is 1. The molecule has 138 valence electrons. The highest BCUT2D eigenvalue weighted by atomic mass is 79.9. The second-order valence-electron chi connectivity index (χ2n) is 6.40. The normalized spacial score (nSPS) is 16.1. The lowest BCUT2D eigenvalue weighted by Crippen LogP contribution is -2.25. The van der Waals surface area contributed by atoms with Crippen LogP contribution in [-0.4, -0.2) is 16.8 Å². The van der Waals surface area contributed by atoms with Crippen LogP contribution in [0.2, 0.25) is 0 Å². The molecule has 1 unspecified atom stereocenters. The summed E-state index contributed by atoms with van der Waals surface area (Å²) in [5.41, 5.74) is 2.05. The number of hydrogen-bond acceptors (Lipinski definition) is 4. The van der Waals surface area contributed by atoms with E-state index < -0.39 is 0 Å². The third kappa shape index (κ3) is 3.39. The Hall–Kier alpha value is -2.18. The maximum atomic E-state index is 13.3. The molecule has 3 aromatic rings. The number of rotatable bonds is 4. The fourth-order valence-electron chi connectivity index (χ4n) is 3.37. The Labute approximate surface area is 169 Å². The average Bonchev–Trinajstić information content (AvgIpc) is 3.20. The first-order valence-corrected chi connectivity index (χ1v) is 10.3. The summed E-state index contributed by atoms with van der Waals surface area (Å²) >= 11 is 5.04. The first kappa shape index (κ1) is 18.2. The molecule has 0 radical (unpaired) electrons. The van der Waals surface area contributed by atoms with Gasteiger partial charge in [0.1, 0.15) is 11.5 Å². The number of hydrogen-bond donors (Lipinski definition) is 1. The Balaban J connectivity index is 1.90. The molecule has 0 aliphatic carbocycles. The fourth-order valence-corrected chi connectivity index (χ4v) is 4.71. The number of ether oxygens (including phenoxy) is 1. The van der Waals surface area contributed by atoms with Crippen LogP contribution in [0.3, 0.4) is 0 Å². The molecule has 1 aliphatic rings. The van der Waals surface area contributed by atoms with Crippen LogP contribution in [0.1, 0.15) is 22.8 Å². The van der Waals surface area contributed by atoms with Gasteiger partial charge in [-0.2, -0.15) is 0 Å². The van der Waals surface area contributed by atoms with E-state index in [4.69, 9.17) is 4.74 Å². The van der Waals surface area contributed by atoms with Crippen molar-refractivity contribution in [3.63, 3.8) is 0 Å². The summed E-state index contributed by atoms with van der Waals surface area (Å²) in [5, 5.41) is 13.5. The zero-order chi connectivity index (χ0) is 19.0. The molecular weight excluding hydrogens is 426 g/mol. The number of pyridine rings is 1. The lowest BCUT2D eigenvalue weighted by Gasteiger charge is -2.18. The van der Waals surface area contributed by atoms with Crippen LogP contribution >= 0.6 is 27.7 Å². The molecule has 6 heteroatoms. The molecule has 1 aromatic heterocycles. The van der Waals surface area contributed by atoms with Crippen molar-refractivity contribution in [2.75, 3.05) is 7.11 Å². The van der Waals surface area contributed by atoms with Gasteiger partial charge in [-0.3, -0.25) is 4.79 Å². The minimum absolute atomic E-state index is 0.0528. The van der Waals surface area contributed by atoms with Gasteiger partial charge in [0.25, 0.3) is 5.56 Å². The van der Waals surface area contributed by atoms with Gasteiger partial charge in [0.15, 0.2) is 0 Å². The van der Waals surface area contributed by atoms with Crippen molar-refractivity contribution in [1.82, 2.24) is 4.57 Å². The largest absolute Gasteiger partial charge is 0.507 e. The van der Waals surface area contributed by atoms with Gasteiger partial charge < -0.3 is 14.4 Å². The first-order valence-electron chi connectivity index (χ1n) is 8.57. The van der Waals surface area contributed by atoms with Crippen molar-refractivity contribution < 1.29 is 9.84 Å². The van der Waals surface area contributed by atoms with Crippen molar-refractivity contribution >= 4 is 38.6 Å². The van der Waals surface area contributed by atoms with E-state index in [9.17, 15) is 9.90 Å². The lowest BCUT2D eigenvalue weighted by molar-refractivity contribution is 0.414. The third-order valence-corrected chi connectivity index (χ3v) is 6.35. The lowest BCUT2D eigenvalue weighted by atomic mass is 10.0. The second-order valence-corrected chi connectivity index (χ2v) is 8.42. The molecule has 4 nitrogen and oxygen atoms in total. The summed E-state index contributed by atoms with van der Waals surface area (Å²) in [5.74, 6) is 0.864. The van der Waals surface area contributed by atoms with E-state index in [2.05, 4.69) is 15.9 Å². The van der Waals surface area contributed by atoms with Crippen LogP contribution in [0.5, 0.6) is 11.5 Å². The van der Waals surface area contributed by atoms with E-state index in [1.165, 1.54) is 0 Å². The second kappa shape index (κ2) is 7.44. The molecular formula is C21H18BrNO3S. The molecule has 1 atom stereocenters. The van der Waals surface area contributed by atoms with E-state index >= 15 is 0 Å². The highest BCUT2D eigenvalue weighted by Gasteiger charge is 2.25. The number of methoxy groups -OCH3 is 1. The third-order valence-electron chi connectivity index (χ3n) is 4.75. The number of benzene rings is 2. The van der Waals surface area contributed by atoms with Gasteiger partial charge in [-0.05, 0) is 47.7 Å². The van der Waals surface area contributed by atoms with Crippen LogP contribution in [-0.2, 0) is 6.54 Å². The standard InChI is InChI=1S/C21H18BrNO3S/c1-26-15-7-4-13(5-8-15)12-23-17-9-6-14(22)11-16(17)20(24)19(21(23)25)18-3-2-10-27-18/h2,4-11,18,24H,3,12H2,1H3. The quantitative estimate of drug-likeness (QED) is 0.600. The first-order chi connectivity index (χ1) is 13.1. The molecule has 2 aromatic carbocycles. The topological polar surface area (TPSA) is 51.5 Å². The highest BCUT2D eigenvalue weighted by Crippen LogP contribution is 2.42. The molecule has 0 bridgehead atoms. The molecule has 0 saturated heterocycles. The zero-order valence-electron chi connectivity index (χ0n) is 14.7. The van der Waals surface area contributed by atoms with E-state index in [0.717, 1.165) is 27.7 Å². The maximum absolute atomic E-state index is 13.3. The predicted molar refractivity (Wildman–Crippen MR) is 114 cm³/mol. The van der Waals surface area contributed by atoms with Crippen LogP contribution in [0, 0.1) is 0 Å². The van der Waals surface area contributed by atoms with Crippen molar-refractivity contribution in [3.05, 3.63) is 79.9 Å². The Morgan fingerprint density at radius 3 is 2.70 bits per heavy atom. The predicted octanol–water partition coefficient (Wildman–Crippen LogP) is 5.22. The van der Waals surface area contributed by atoms with Crippen LogP contribution in [0.25, 0.3) is 10.9 Å². The van der Waals surface area contributed by atoms with E-state index in [1.54, 1.807) is 23.4 Å². The van der Waals surface area contributed by atoms with Crippen LogP contribution in [0.4, 0.5) is 0 Å². The summed E-state index contributed by atoms with van der Waals surface area (Å²) in [7, 11) is 1.63. The molecule has 0 fully saturated rings. The summed E-state index contributed by atoms with van der Waals surface area (Å²) in [4.78, 5) is 13.3. The van der Waals surface area contributed by atoms with E-state index in [0.29, 0.717) is 17.5 Å².